The number of aromatic nitrogens is 1. The van der Waals surface area contributed by atoms with Crippen LogP contribution in [0.25, 0.3) is 33.4 Å². The largest absolute Gasteiger partial charge is 0.492 e. The van der Waals surface area contributed by atoms with Gasteiger partial charge in [-0.05, 0) is 68.7 Å². The molecule has 0 atom stereocenters. The number of aryl methyl sites for hydroxylation is 2. The first-order valence-electron chi connectivity index (χ1n) is 13.1. The minimum Gasteiger partial charge on any atom is -0.492 e. The number of ether oxygens (including phenoxy) is 1. The van der Waals surface area contributed by atoms with Crippen LogP contribution in [0.15, 0.2) is 70.1 Å². The number of carbonyl (C=O) groups is 1. The fourth-order valence-corrected chi connectivity index (χ4v) is 4.70. The Morgan fingerprint density at radius 2 is 1.70 bits per heavy atom. The fraction of sp³-hybridized carbons (Fsp3) is 0.226. The average molecular weight is 542 g/mol. The molecule has 0 fully saturated rings. The van der Waals surface area contributed by atoms with Crippen LogP contribution in [0.1, 0.15) is 25.0 Å². The van der Waals surface area contributed by atoms with Crippen LogP contribution in [0.3, 0.4) is 0 Å². The third-order valence-electron chi connectivity index (χ3n) is 6.57. The summed E-state index contributed by atoms with van der Waals surface area (Å²) >= 11 is 0. The third-order valence-corrected chi connectivity index (χ3v) is 6.57. The van der Waals surface area contributed by atoms with E-state index in [1.807, 2.05) is 38.1 Å². The van der Waals surface area contributed by atoms with Crippen LogP contribution in [-0.4, -0.2) is 40.6 Å². The highest BCUT2D eigenvalue weighted by Crippen LogP contribution is 2.42. The van der Waals surface area contributed by atoms with Gasteiger partial charge in [0.15, 0.2) is 6.61 Å². The maximum atomic E-state index is 12.2. The Morgan fingerprint density at radius 1 is 0.975 bits per heavy atom. The number of benzene rings is 3. The van der Waals surface area contributed by atoms with Crippen molar-refractivity contribution in [2.75, 3.05) is 25.0 Å². The molecule has 0 saturated carbocycles. The lowest BCUT2D eigenvalue weighted by atomic mass is 9.91. The lowest BCUT2D eigenvalue weighted by Gasteiger charge is -2.18. The Bertz CT molecular complexity index is 1710. The van der Waals surface area contributed by atoms with Crippen LogP contribution in [0, 0.1) is 13.8 Å². The summed E-state index contributed by atoms with van der Waals surface area (Å²) in [4.78, 5) is 21.7. The molecule has 9 heteroatoms. The highest BCUT2D eigenvalue weighted by molar-refractivity contribution is 6.03. The molecule has 3 N–H and O–H groups in total. The zero-order chi connectivity index (χ0) is 28.4. The van der Waals surface area contributed by atoms with E-state index in [1.54, 1.807) is 12.1 Å². The van der Waals surface area contributed by atoms with E-state index in [1.165, 1.54) is 12.1 Å². The molecule has 0 radical (unpaired) electrons. The Labute approximate surface area is 231 Å². The van der Waals surface area contributed by atoms with Crippen molar-refractivity contribution in [1.82, 2.24) is 4.73 Å². The van der Waals surface area contributed by atoms with Crippen molar-refractivity contribution in [2.24, 2.45) is 4.99 Å². The first-order valence-corrected chi connectivity index (χ1v) is 13.1. The molecular formula is C31H31N3O6. The fourth-order valence-electron chi connectivity index (χ4n) is 4.70. The van der Waals surface area contributed by atoms with E-state index in [0.29, 0.717) is 17.0 Å². The van der Waals surface area contributed by atoms with Gasteiger partial charge in [-0.1, -0.05) is 12.1 Å². The van der Waals surface area contributed by atoms with Crippen LogP contribution in [-0.2, 0) is 4.79 Å². The predicted octanol–water partition coefficient (Wildman–Crippen LogP) is 5.42. The molecule has 0 unspecified atom stereocenters. The molecule has 5 rings (SSSR count). The summed E-state index contributed by atoms with van der Waals surface area (Å²) in [7, 11) is 0. The number of carbonyl (C=O) groups excluding carboxylic acids is 1. The molecule has 0 spiro atoms. The Hall–Kier alpha value is -4.92. The van der Waals surface area contributed by atoms with E-state index in [0.717, 1.165) is 62.1 Å². The van der Waals surface area contributed by atoms with Crippen molar-refractivity contribution in [2.45, 2.75) is 27.7 Å². The SMILES string of the molecule is CCN=c1cc2oc3cc(NCC)c(C)cc3c(-c3ccc(OCC(=O)On4c(O)ccc4O)cc3)c-2cc1C. The monoisotopic (exact) mass is 541 g/mol. The van der Waals surface area contributed by atoms with Crippen molar-refractivity contribution < 1.29 is 29.0 Å². The van der Waals surface area contributed by atoms with Crippen molar-refractivity contribution >= 4 is 22.6 Å². The summed E-state index contributed by atoms with van der Waals surface area (Å²) in [5, 5.41) is 24.6. The number of fused-ring (bicyclic) bond motifs is 2. The van der Waals surface area contributed by atoms with Crippen LogP contribution < -0.4 is 20.2 Å². The second-order valence-electron chi connectivity index (χ2n) is 9.40. The van der Waals surface area contributed by atoms with Crippen LogP contribution in [0.5, 0.6) is 17.5 Å². The Balaban J connectivity index is 1.52. The van der Waals surface area contributed by atoms with Crippen LogP contribution in [0.2, 0.25) is 0 Å². The Kier molecular flexibility index (Phi) is 7.37. The van der Waals surface area contributed by atoms with Crippen molar-refractivity contribution in [1.29, 1.82) is 0 Å². The quantitative estimate of drug-likeness (QED) is 0.225. The topological polar surface area (TPSA) is 118 Å². The first kappa shape index (κ1) is 26.7. The number of nitrogens with zero attached hydrogens (tertiary/aromatic N) is 2. The summed E-state index contributed by atoms with van der Waals surface area (Å²) in [5.41, 5.74) is 6.90. The van der Waals surface area contributed by atoms with E-state index in [-0.39, 0.29) is 0 Å². The number of rotatable bonds is 8. The Morgan fingerprint density at radius 3 is 2.38 bits per heavy atom. The smallest absolute Gasteiger partial charge is 0.370 e. The molecule has 40 heavy (non-hydrogen) atoms. The molecule has 2 heterocycles. The second-order valence-corrected chi connectivity index (χ2v) is 9.40. The predicted molar refractivity (Wildman–Crippen MR) is 153 cm³/mol. The summed E-state index contributed by atoms with van der Waals surface area (Å²) in [6.07, 6.45) is 0. The molecule has 1 aliphatic carbocycles. The number of nitrogens with one attached hydrogen (secondary N) is 1. The number of anilines is 1. The highest BCUT2D eigenvalue weighted by Gasteiger charge is 2.20. The van der Waals surface area contributed by atoms with Gasteiger partial charge in [0.2, 0.25) is 11.8 Å². The van der Waals surface area contributed by atoms with Gasteiger partial charge in [-0.2, -0.15) is 0 Å². The average Bonchev–Trinajstić information content (AvgIpc) is 3.25. The minimum absolute atomic E-state index is 0.400. The number of hydrogen-bond acceptors (Lipinski definition) is 8. The normalized spacial score (nSPS) is 11.8. The van der Waals surface area contributed by atoms with E-state index in [4.69, 9.17) is 14.0 Å². The van der Waals surface area contributed by atoms with Crippen LogP contribution in [0.4, 0.5) is 5.69 Å². The van der Waals surface area contributed by atoms with E-state index in [2.05, 4.69) is 36.3 Å². The molecule has 0 amide bonds. The van der Waals surface area contributed by atoms with Gasteiger partial charge in [-0.3, -0.25) is 4.99 Å². The standard InChI is InChI=1S/C31H31N3O6/c1-5-32-24-15-26-22(13-18(24)3)31(23-14-19(4)25(33-6-2)16-27(23)39-26)20-7-9-21(10-8-20)38-17-30(37)40-34-28(35)11-12-29(34)36/h7-16,32,35-36H,5-6,17H2,1-4H3. The molecule has 206 valence electrons. The van der Waals surface area contributed by atoms with Crippen molar-refractivity contribution in [3.05, 3.63) is 77.1 Å². The van der Waals surface area contributed by atoms with E-state index < -0.39 is 24.3 Å². The molecule has 1 aliphatic heterocycles. The second kappa shape index (κ2) is 11.1. The molecule has 1 aromatic heterocycles. The van der Waals surface area contributed by atoms with Crippen LogP contribution >= 0.6 is 0 Å². The number of hydrogen-bond donors (Lipinski definition) is 3. The maximum Gasteiger partial charge on any atom is 0.370 e. The van der Waals surface area contributed by atoms with E-state index in [9.17, 15) is 15.0 Å². The van der Waals surface area contributed by atoms with E-state index >= 15 is 0 Å². The lowest BCUT2D eigenvalue weighted by molar-refractivity contribution is -0.147. The molecule has 0 bridgehead atoms. The first-order chi connectivity index (χ1) is 19.3. The molecule has 2 aliphatic rings. The van der Waals surface area contributed by atoms with Crippen molar-refractivity contribution in [3.8, 4) is 40.0 Å². The minimum atomic E-state index is -0.789. The summed E-state index contributed by atoms with van der Waals surface area (Å²) in [6.45, 7) is 9.25. The molecule has 3 aromatic rings. The zero-order valence-electron chi connectivity index (χ0n) is 22.8. The van der Waals surface area contributed by atoms with Gasteiger partial charge >= 0.3 is 5.97 Å². The van der Waals surface area contributed by atoms with Gasteiger partial charge in [0, 0.05) is 59.6 Å². The summed E-state index contributed by atoms with van der Waals surface area (Å²) in [5.74, 6) is -0.387. The molecular weight excluding hydrogens is 510 g/mol. The third kappa shape index (κ3) is 5.18. The summed E-state index contributed by atoms with van der Waals surface area (Å²) < 4.78 is 12.6. The van der Waals surface area contributed by atoms with Gasteiger partial charge in [-0.15, -0.1) is 4.73 Å². The van der Waals surface area contributed by atoms with Gasteiger partial charge in [0.25, 0.3) is 0 Å². The van der Waals surface area contributed by atoms with Crippen molar-refractivity contribution in [3.63, 3.8) is 0 Å². The highest BCUT2D eigenvalue weighted by atomic mass is 16.7. The summed E-state index contributed by atoms with van der Waals surface area (Å²) in [6, 6.07) is 18.1. The lowest BCUT2D eigenvalue weighted by Crippen LogP contribution is -2.24. The number of aromatic hydroxyl groups is 2. The van der Waals surface area contributed by atoms with Gasteiger partial charge in [0.1, 0.15) is 17.1 Å². The molecule has 0 saturated heterocycles. The molecule has 2 aromatic carbocycles. The molecule has 9 nitrogen and oxygen atoms in total. The van der Waals surface area contributed by atoms with Gasteiger partial charge < -0.3 is 29.5 Å². The van der Waals surface area contributed by atoms with Gasteiger partial charge in [0.05, 0.1) is 5.36 Å². The maximum absolute atomic E-state index is 12.2. The van der Waals surface area contributed by atoms with Gasteiger partial charge in [-0.25, -0.2) is 4.79 Å². The zero-order valence-corrected chi connectivity index (χ0v) is 22.8.